The number of anilines is 1. The Morgan fingerprint density at radius 3 is 2.58 bits per heavy atom. The van der Waals surface area contributed by atoms with E-state index in [-0.39, 0.29) is 48.1 Å². The molecule has 0 spiro atoms. The minimum Gasteiger partial charge on any atom is -0.466 e. The number of carbonyl (C=O) groups excluding carboxylic acids is 2. The van der Waals surface area contributed by atoms with E-state index in [0.717, 1.165) is 0 Å². The Bertz CT molecular complexity index is 1050. The zero-order valence-corrected chi connectivity index (χ0v) is 17.1. The van der Waals surface area contributed by atoms with Crippen molar-refractivity contribution in [3.05, 3.63) is 68.9 Å². The first-order valence-corrected chi connectivity index (χ1v) is 9.41. The third-order valence-electron chi connectivity index (χ3n) is 4.37. The third-order valence-corrected chi connectivity index (χ3v) is 4.63. The van der Waals surface area contributed by atoms with Crippen LogP contribution in [0.3, 0.4) is 0 Å². The predicted molar refractivity (Wildman–Crippen MR) is 111 cm³/mol. The lowest BCUT2D eigenvalue weighted by Crippen LogP contribution is -2.31. The Morgan fingerprint density at radius 1 is 1.26 bits per heavy atom. The molecule has 0 bridgehead atoms. The van der Waals surface area contributed by atoms with Gasteiger partial charge in [0.1, 0.15) is 17.2 Å². The number of ether oxygens (including phenoxy) is 2. The van der Waals surface area contributed by atoms with Crippen LogP contribution in [0.15, 0.2) is 53.7 Å². The van der Waals surface area contributed by atoms with Crippen LogP contribution in [0.1, 0.15) is 0 Å². The molecule has 0 saturated heterocycles. The van der Waals surface area contributed by atoms with E-state index in [1.165, 1.54) is 30.2 Å². The number of non-ortho nitro benzene ring substituents is 1. The number of benzene rings is 2. The zero-order valence-electron chi connectivity index (χ0n) is 16.3. The number of hydrogen-bond donors (Lipinski definition) is 2. The molecule has 0 fully saturated rings. The summed E-state index contributed by atoms with van der Waals surface area (Å²) in [6.07, 6.45) is 0. The summed E-state index contributed by atoms with van der Waals surface area (Å²) in [7, 11) is 1.18. The number of amides is 1. The number of nitrogens with zero attached hydrogens (tertiary/aromatic N) is 2. The molecule has 2 aromatic carbocycles. The van der Waals surface area contributed by atoms with Crippen molar-refractivity contribution >= 4 is 34.9 Å². The molecule has 0 saturated carbocycles. The molecule has 0 aliphatic carbocycles. The molecule has 31 heavy (non-hydrogen) atoms. The molecular formula is C20H18ClN3O7. The molecule has 1 heterocycles. The number of halogens is 1. The van der Waals surface area contributed by atoms with Crippen LogP contribution in [0.4, 0.5) is 11.4 Å². The van der Waals surface area contributed by atoms with Gasteiger partial charge in [-0.2, -0.15) is 0 Å². The first kappa shape index (κ1) is 22.1. The number of β-amino-alcohol motifs (C(OH)–C–C–N with tert-alkyl or cyclic N) is 1. The molecule has 162 valence electrons. The SMILES string of the molecule is COC(=O)C1=C(Nc2cc(Oc3ccc(Cl)cc3)cc([N+](=O)[O-])c2)C(=O)N(CCO)C1. The number of nitro groups is 1. The van der Waals surface area contributed by atoms with Crippen molar-refractivity contribution in [3.8, 4) is 11.5 Å². The molecule has 2 aromatic rings. The summed E-state index contributed by atoms with van der Waals surface area (Å²) >= 11 is 5.85. The second-order valence-electron chi connectivity index (χ2n) is 6.45. The van der Waals surface area contributed by atoms with E-state index in [1.54, 1.807) is 24.3 Å². The van der Waals surface area contributed by atoms with Crippen LogP contribution >= 0.6 is 11.6 Å². The van der Waals surface area contributed by atoms with Gasteiger partial charge in [-0.25, -0.2) is 4.79 Å². The largest absolute Gasteiger partial charge is 0.466 e. The average Bonchev–Trinajstić information content (AvgIpc) is 3.05. The number of nitrogens with one attached hydrogen (secondary N) is 1. The van der Waals surface area contributed by atoms with E-state index >= 15 is 0 Å². The minimum absolute atomic E-state index is 0.0182. The van der Waals surface area contributed by atoms with Gasteiger partial charge in [-0.15, -0.1) is 0 Å². The highest BCUT2D eigenvalue weighted by Gasteiger charge is 2.34. The predicted octanol–water partition coefficient (Wildman–Crippen LogP) is 2.71. The van der Waals surface area contributed by atoms with Crippen LogP contribution in [0, 0.1) is 10.1 Å². The molecule has 11 heteroatoms. The van der Waals surface area contributed by atoms with Gasteiger partial charge in [-0.05, 0) is 24.3 Å². The van der Waals surface area contributed by atoms with Crippen molar-refractivity contribution in [3.63, 3.8) is 0 Å². The average molecular weight is 448 g/mol. The molecule has 10 nitrogen and oxygen atoms in total. The number of nitro benzene ring substituents is 1. The number of rotatable bonds is 8. The maximum atomic E-state index is 12.7. The van der Waals surface area contributed by atoms with Crippen molar-refractivity contribution in [2.75, 3.05) is 32.1 Å². The smallest absolute Gasteiger partial charge is 0.337 e. The fourth-order valence-electron chi connectivity index (χ4n) is 2.95. The Hall–Kier alpha value is -3.63. The van der Waals surface area contributed by atoms with Crippen molar-refractivity contribution in [2.45, 2.75) is 0 Å². The number of methoxy groups -OCH3 is 1. The van der Waals surface area contributed by atoms with Gasteiger partial charge in [0.15, 0.2) is 0 Å². The van der Waals surface area contributed by atoms with E-state index in [0.29, 0.717) is 10.8 Å². The van der Waals surface area contributed by atoms with E-state index in [2.05, 4.69) is 5.32 Å². The van der Waals surface area contributed by atoms with Crippen LogP contribution in [0.25, 0.3) is 0 Å². The van der Waals surface area contributed by atoms with Gasteiger partial charge >= 0.3 is 5.97 Å². The van der Waals surface area contributed by atoms with E-state index in [1.807, 2.05) is 0 Å². The molecule has 2 N–H and O–H groups in total. The Kier molecular flexibility index (Phi) is 6.73. The molecule has 1 aliphatic heterocycles. The number of aliphatic hydroxyl groups excluding tert-OH is 1. The molecule has 0 aromatic heterocycles. The van der Waals surface area contributed by atoms with Gasteiger partial charge in [0.05, 0.1) is 36.8 Å². The Balaban J connectivity index is 1.95. The van der Waals surface area contributed by atoms with Gasteiger partial charge in [-0.3, -0.25) is 14.9 Å². The summed E-state index contributed by atoms with van der Waals surface area (Å²) in [6, 6.07) is 10.3. The number of esters is 1. The molecule has 0 radical (unpaired) electrons. The van der Waals surface area contributed by atoms with Gasteiger partial charge in [-0.1, -0.05) is 11.6 Å². The second kappa shape index (κ2) is 9.45. The standard InChI is InChI=1S/C20H18ClN3O7/c1-30-20(27)17-11-23(6-7-25)19(26)18(17)22-13-8-14(24(28)29)10-16(9-13)31-15-4-2-12(21)3-5-15/h2-5,8-10,22,25H,6-7,11H2,1H3. The summed E-state index contributed by atoms with van der Waals surface area (Å²) < 4.78 is 10.4. The van der Waals surface area contributed by atoms with Gasteiger partial charge in [0.25, 0.3) is 11.6 Å². The number of aliphatic hydroxyl groups is 1. The van der Waals surface area contributed by atoms with Crippen molar-refractivity contribution in [2.24, 2.45) is 0 Å². The number of carbonyl (C=O) groups is 2. The normalized spacial score (nSPS) is 13.4. The lowest BCUT2D eigenvalue weighted by molar-refractivity contribution is -0.384. The van der Waals surface area contributed by atoms with E-state index in [9.17, 15) is 19.7 Å². The summed E-state index contributed by atoms with van der Waals surface area (Å²) in [5, 5.41) is 23.8. The van der Waals surface area contributed by atoms with Gasteiger partial charge in [0.2, 0.25) is 0 Å². The second-order valence-corrected chi connectivity index (χ2v) is 6.89. The summed E-state index contributed by atoms with van der Waals surface area (Å²) in [6.45, 7) is -0.328. The zero-order chi connectivity index (χ0) is 22.5. The molecule has 1 amide bonds. The van der Waals surface area contributed by atoms with Crippen molar-refractivity contribution < 1.29 is 29.1 Å². The maximum Gasteiger partial charge on any atom is 0.337 e. The quantitative estimate of drug-likeness (QED) is 0.358. The summed E-state index contributed by atoms with van der Waals surface area (Å²) in [5.41, 5.74) is -0.161. The third kappa shape index (κ3) is 5.11. The number of hydrogen-bond acceptors (Lipinski definition) is 8. The van der Waals surface area contributed by atoms with Crippen LogP contribution < -0.4 is 10.1 Å². The maximum absolute atomic E-state index is 12.7. The molecule has 1 aliphatic rings. The molecule has 0 unspecified atom stereocenters. The van der Waals surface area contributed by atoms with E-state index < -0.39 is 16.8 Å². The van der Waals surface area contributed by atoms with Gasteiger partial charge in [0, 0.05) is 29.4 Å². The van der Waals surface area contributed by atoms with Crippen LogP contribution in [0.2, 0.25) is 5.02 Å². The lowest BCUT2D eigenvalue weighted by Gasteiger charge is -2.15. The Morgan fingerprint density at radius 2 is 1.97 bits per heavy atom. The fraction of sp³-hybridized carbons (Fsp3) is 0.200. The summed E-state index contributed by atoms with van der Waals surface area (Å²) in [4.78, 5) is 36.8. The van der Waals surface area contributed by atoms with Crippen molar-refractivity contribution in [1.29, 1.82) is 0 Å². The van der Waals surface area contributed by atoms with Crippen molar-refractivity contribution in [1.82, 2.24) is 4.90 Å². The molecule has 3 rings (SSSR count). The lowest BCUT2D eigenvalue weighted by atomic mass is 10.2. The Labute approximate surface area is 181 Å². The topological polar surface area (TPSA) is 131 Å². The summed E-state index contributed by atoms with van der Waals surface area (Å²) in [5.74, 6) is -0.728. The monoisotopic (exact) mass is 447 g/mol. The first-order chi connectivity index (χ1) is 14.8. The van der Waals surface area contributed by atoms with E-state index in [4.69, 9.17) is 26.2 Å². The molecule has 0 atom stereocenters. The van der Waals surface area contributed by atoms with Crippen LogP contribution in [0.5, 0.6) is 11.5 Å². The van der Waals surface area contributed by atoms with Crippen LogP contribution in [-0.4, -0.2) is 53.6 Å². The first-order valence-electron chi connectivity index (χ1n) is 9.04. The highest BCUT2D eigenvalue weighted by atomic mass is 35.5. The molecular weight excluding hydrogens is 430 g/mol. The highest BCUT2D eigenvalue weighted by Crippen LogP contribution is 2.32. The highest BCUT2D eigenvalue weighted by molar-refractivity contribution is 6.30. The fourth-order valence-corrected chi connectivity index (χ4v) is 3.08. The van der Waals surface area contributed by atoms with Crippen LogP contribution in [-0.2, 0) is 14.3 Å². The van der Waals surface area contributed by atoms with Gasteiger partial charge < -0.3 is 24.8 Å². The minimum atomic E-state index is -0.723.